The zero-order valence-corrected chi connectivity index (χ0v) is 12.9. The van der Waals surface area contributed by atoms with Gasteiger partial charge in [-0.25, -0.2) is 4.98 Å². The first-order valence-corrected chi connectivity index (χ1v) is 7.88. The van der Waals surface area contributed by atoms with E-state index < -0.39 is 0 Å². The van der Waals surface area contributed by atoms with E-state index in [2.05, 4.69) is 15.6 Å². The maximum Gasteiger partial charge on any atom is 0.253 e. The molecular weight excluding hydrogens is 298 g/mol. The highest BCUT2D eigenvalue weighted by molar-refractivity contribution is 6.30. The monoisotopic (exact) mass is 315 g/mol. The standard InChI is InChI=1S/C17H18ClN3O/c18-13-6-8-15(9-7-13)20-16-10-5-12(11-19-16)17(22)21-14-3-1-2-4-14/h5-11,14H,1-4H2,(H,19,20)(H,21,22). The van der Waals surface area contributed by atoms with Crippen molar-refractivity contribution < 1.29 is 4.79 Å². The van der Waals surface area contributed by atoms with Crippen molar-refractivity contribution in [3.05, 3.63) is 53.2 Å². The SMILES string of the molecule is O=C(NC1CCCC1)c1ccc(Nc2ccc(Cl)cc2)nc1. The van der Waals surface area contributed by atoms with Gasteiger partial charge >= 0.3 is 0 Å². The third-order valence-corrected chi connectivity index (χ3v) is 4.08. The van der Waals surface area contributed by atoms with Gasteiger partial charge in [-0.2, -0.15) is 0 Å². The summed E-state index contributed by atoms with van der Waals surface area (Å²) in [4.78, 5) is 16.4. The molecule has 1 amide bonds. The van der Waals surface area contributed by atoms with E-state index in [9.17, 15) is 4.79 Å². The smallest absolute Gasteiger partial charge is 0.253 e. The van der Waals surface area contributed by atoms with Crippen LogP contribution in [0.5, 0.6) is 0 Å². The molecule has 4 nitrogen and oxygen atoms in total. The molecule has 1 aliphatic rings. The summed E-state index contributed by atoms with van der Waals surface area (Å²) < 4.78 is 0. The summed E-state index contributed by atoms with van der Waals surface area (Å²) in [6.45, 7) is 0. The van der Waals surface area contributed by atoms with Crippen molar-refractivity contribution in [2.24, 2.45) is 0 Å². The van der Waals surface area contributed by atoms with Gasteiger partial charge in [0.05, 0.1) is 5.56 Å². The van der Waals surface area contributed by atoms with E-state index in [0.29, 0.717) is 22.4 Å². The summed E-state index contributed by atoms with van der Waals surface area (Å²) in [7, 11) is 0. The van der Waals surface area contributed by atoms with Crippen LogP contribution in [0.25, 0.3) is 0 Å². The Hall–Kier alpha value is -2.07. The predicted molar refractivity (Wildman–Crippen MR) is 88.7 cm³/mol. The number of rotatable bonds is 4. The molecule has 1 aliphatic carbocycles. The van der Waals surface area contributed by atoms with Gasteiger partial charge in [0.1, 0.15) is 5.82 Å². The van der Waals surface area contributed by atoms with Crippen LogP contribution in [0.1, 0.15) is 36.0 Å². The van der Waals surface area contributed by atoms with Crippen LogP contribution in [0.2, 0.25) is 5.02 Å². The largest absolute Gasteiger partial charge is 0.349 e. The summed E-state index contributed by atoms with van der Waals surface area (Å²) >= 11 is 5.85. The maximum absolute atomic E-state index is 12.1. The number of hydrogen-bond donors (Lipinski definition) is 2. The van der Waals surface area contributed by atoms with Crippen molar-refractivity contribution in [3.8, 4) is 0 Å². The lowest BCUT2D eigenvalue weighted by atomic mass is 10.2. The number of nitrogens with one attached hydrogen (secondary N) is 2. The van der Waals surface area contributed by atoms with Gasteiger partial charge in [-0.1, -0.05) is 24.4 Å². The lowest BCUT2D eigenvalue weighted by Gasteiger charge is -2.12. The van der Waals surface area contributed by atoms with Crippen LogP contribution >= 0.6 is 11.6 Å². The molecule has 0 radical (unpaired) electrons. The molecule has 0 unspecified atom stereocenters. The predicted octanol–water partition coefficient (Wildman–Crippen LogP) is 4.15. The molecule has 22 heavy (non-hydrogen) atoms. The second kappa shape index (κ2) is 6.79. The number of pyridine rings is 1. The zero-order chi connectivity index (χ0) is 15.4. The molecule has 1 saturated carbocycles. The van der Waals surface area contributed by atoms with Crippen molar-refractivity contribution >= 4 is 29.0 Å². The van der Waals surface area contributed by atoms with E-state index in [1.807, 2.05) is 24.3 Å². The van der Waals surface area contributed by atoms with Crippen LogP contribution < -0.4 is 10.6 Å². The first-order chi connectivity index (χ1) is 10.7. The molecule has 1 fully saturated rings. The molecule has 3 rings (SSSR count). The van der Waals surface area contributed by atoms with Gasteiger partial charge in [0.15, 0.2) is 0 Å². The van der Waals surface area contributed by atoms with Crippen molar-refractivity contribution in [1.29, 1.82) is 0 Å². The fourth-order valence-corrected chi connectivity index (χ4v) is 2.75. The number of aromatic nitrogens is 1. The molecule has 0 bridgehead atoms. The van der Waals surface area contributed by atoms with E-state index in [4.69, 9.17) is 11.6 Å². The van der Waals surface area contributed by atoms with E-state index in [-0.39, 0.29) is 5.91 Å². The average molecular weight is 316 g/mol. The van der Waals surface area contributed by atoms with Crippen LogP contribution in [0.15, 0.2) is 42.6 Å². The molecule has 0 spiro atoms. The zero-order valence-electron chi connectivity index (χ0n) is 12.2. The van der Waals surface area contributed by atoms with Crippen molar-refractivity contribution in [2.45, 2.75) is 31.7 Å². The fourth-order valence-electron chi connectivity index (χ4n) is 2.62. The van der Waals surface area contributed by atoms with Crippen molar-refractivity contribution in [2.75, 3.05) is 5.32 Å². The average Bonchev–Trinajstić information content (AvgIpc) is 3.03. The number of anilines is 2. The van der Waals surface area contributed by atoms with Crippen LogP contribution in [0, 0.1) is 0 Å². The lowest BCUT2D eigenvalue weighted by molar-refractivity contribution is 0.0937. The van der Waals surface area contributed by atoms with E-state index in [0.717, 1.165) is 18.5 Å². The quantitative estimate of drug-likeness (QED) is 0.891. The second-order valence-corrected chi connectivity index (χ2v) is 5.96. The molecule has 0 saturated heterocycles. The number of amides is 1. The number of hydrogen-bond acceptors (Lipinski definition) is 3. The van der Waals surface area contributed by atoms with Crippen LogP contribution in [-0.2, 0) is 0 Å². The van der Waals surface area contributed by atoms with Crippen LogP contribution in [-0.4, -0.2) is 16.9 Å². The Kier molecular flexibility index (Phi) is 4.59. The third kappa shape index (κ3) is 3.77. The highest BCUT2D eigenvalue weighted by Crippen LogP contribution is 2.19. The highest BCUT2D eigenvalue weighted by Gasteiger charge is 2.17. The van der Waals surface area contributed by atoms with Gasteiger partial charge in [0.25, 0.3) is 5.91 Å². The molecule has 114 valence electrons. The van der Waals surface area contributed by atoms with Gasteiger partial charge < -0.3 is 10.6 Å². The van der Waals surface area contributed by atoms with Crippen molar-refractivity contribution in [1.82, 2.24) is 10.3 Å². The molecule has 5 heteroatoms. The first kappa shape index (κ1) is 14.9. The number of benzene rings is 1. The molecule has 1 heterocycles. The van der Waals surface area contributed by atoms with Gasteiger partial charge in [-0.3, -0.25) is 4.79 Å². The second-order valence-electron chi connectivity index (χ2n) is 5.52. The number of carbonyl (C=O) groups excluding carboxylic acids is 1. The maximum atomic E-state index is 12.1. The highest BCUT2D eigenvalue weighted by atomic mass is 35.5. The van der Waals surface area contributed by atoms with E-state index in [1.165, 1.54) is 12.8 Å². The molecule has 2 N–H and O–H groups in total. The third-order valence-electron chi connectivity index (χ3n) is 3.83. The van der Waals surface area contributed by atoms with Crippen molar-refractivity contribution in [3.63, 3.8) is 0 Å². The van der Waals surface area contributed by atoms with Gasteiger partial charge in [-0.05, 0) is 49.2 Å². The molecule has 2 aromatic rings. The summed E-state index contributed by atoms with van der Waals surface area (Å²) in [6.07, 6.45) is 6.16. The minimum Gasteiger partial charge on any atom is -0.349 e. The Morgan fingerprint density at radius 3 is 2.45 bits per heavy atom. The first-order valence-electron chi connectivity index (χ1n) is 7.50. The molecule has 0 atom stereocenters. The Morgan fingerprint density at radius 1 is 1.09 bits per heavy atom. The topological polar surface area (TPSA) is 54.0 Å². The number of nitrogens with zero attached hydrogens (tertiary/aromatic N) is 1. The van der Waals surface area contributed by atoms with Gasteiger partial charge in [0, 0.05) is 22.9 Å². The number of carbonyl (C=O) groups is 1. The van der Waals surface area contributed by atoms with Gasteiger partial charge in [0.2, 0.25) is 0 Å². The molecule has 1 aromatic carbocycles. The Balaban J connectivity index is 1.61. The van der Waals surface area contributed by atoms with E-state index in [1.54, 1.807) is 18.3 Å². The van der Waals surface area contributed by atoms with Crippen LogP contribution in [0.3, 0.4) is 0 Å². The van der Waals surface area contributed by atoms with Gasteiger partial charge in [-0.15, -0.1) is 0 Å². The summed E-state index contributed by atoms with van der Waals surface area (Å²) in [5.41, 5.74) is 1.49. The molecule has 1 aromatic heterocycles. The minimum atomic E-state index is -0.0440. The summed E-state index contributed by atoms with van der Waals surface area (Å²) in [5, 5.41) is 6.92. The normalized spacial score (nSPS) is 14.8. The van der Waals surface area contributed by atoms with Crippen LogP contribution in [0.4, 0.5) is 11.5 Å². The molecule has 0 aliphatic heterocycles. The summed E-state index contributed by atoms with van der Waals surface area (Å²) in [6, 6.07) is 11.3. The number of halogens is 1. The lowest BCUT2D eigenvalue weighted by Crippen LogP contribution is -2.32. The van der Waals surface area contributed by atoms with E-state index >= 15 is 0 Å². The fraction of sp³-hybridized carbons (Fsp3) is 0.294. The summed E-state index contributed by atoms with van der Waals surface area (Å²) in [5.74, 6) is 0.650. The Labute approximate surface area is 134 Å². The molecular formula is C17H18ClN3O. The Bertz CT molecular complexity index is 634. The minimum absolute atomic E-state index is 0.0440. The Morgan fingerprint density at radius 2 is 1.82 bits per heavy atom.